The van der Waals surface area contributed by atoms with Crippen LogP contribution in [0, 0.1) is 0 Å². The molecule has 0 bridgehead atoms. The minimum absolute atomic E-state index is 0.988. The van der Waals surface area contributed by atoms with Gasteiger partial charge in [-0.2, -0.15) is 0 Å². The summed E-state index contributed by atoms with van der Waals surface area (Å²) in [5, 5.41) is 0. The third-order valence-corrected chi connectivity index (χ3v) is 1.70. The Kier molecular flexibility index (Phi) is 1.25. The predicted octanol–water partition coefficient (Wildman–Crippen LogP) is 2.21. The first-order valence-corrected chi connectivity index (χ1v) is 3.46. The number of aromatic nitrogens is 2. The van der Waals surface area contributed by atoms with Crippen molar-refractivity contribution in [2.75, 3.05) is 0 Å². The first-order chi connectivity index (χ1) is 5.42. The largest absolute Gasteiger partial charge is 0.345 e. The van der Waals surface area contributed by atoms with E-state index in [9.17, 15) is 0 Å². The monoisotopic (exact) mass is 144 g/mol. The number of H-pyrrole nitrogens is 1. The highest BCUT2D eigenvalue weighted by Gasteiger charge is 1.97. The molecule has 54 valence electrons. The lowest BCUT2D eigenvalue weighted by atomic mass is 10.2. The lowest BCUT2D eigenvalue weighted by molar-refractivity contribution is 1.34. The molecule has 0 aliphatic rings. The molecule has 0 saturated carbocycles. The molecule has 0 aliphatic carbocycles. The third-order valence-electron chi connectivity index (χ3n) is 1.70. The molecule has 0 spiro atoms. The molecule has 1 N–H and O–H groups in total. The molecule has 0 fully saturated rings. The molecular formula is C9H8N2. The van der Waals surface area contributed by atoms with Gasteiger partial charge in [-0.15, -0.1) is 0 Å². The molecule has 1 aromatic carbocycles. The summed E-state index contributed by atoms with van der Waals surface area (Å²) < 4.78 is 0. The van der Waals surface area contributed by atoms with Crippen LogP contribution in [0.25, 0.3) is 17.1 Å². The van der Waals surface area contributed by atoms with Crippen molar-refractivity contribution in [3.8, 4) is 0 Å². The maximum absolute atomic E-state index is 4.16. The Bertz CT molecular complexity index is 387. The smallest absolute Gasteiger partial charge is 0.0954 e. The van der Waals surface area contributed by atoms with E-state index in [1.807, 2.05) is 24.3 Å². The lowest BCUT2D eigenvalue weighted by Gasteiger charge is -1.92. The fourth-order valence-electron chi connectivity index (χ4n) is 1.15. The van der Waals surface area contributed by atoms with Gasteiger partial charge in [-0.05, 0) is 6.07 Å². The number of hydrogen-bond acceptors (Lipinski definition) is 1. The van der Waals surface area contributed by atoms with Crippen molar-refractivity contribution < 1.29 is 0 Å². The highest BCUT2D eigenvalue weighted by Crippen LogP contribution is 2.14. The molecule has 2 aromatic rings. The Morgan fingerprint density at radius 2 is 2.36 bits per heavy atom. The number of para-hydroxylation sites is 1. The molecule has 2 rings (SSSR count). The number of nitrogens with zero attached hydrogens (tertiary/aromatic N) is 1. The standard InChI is InChI=1S/C9H8N2/c1-2-7-4-3-5-8-9(7)11-6-10-8/h2-6H,1H2,(H,10,11). The summed E-state index contributed by atoms with van der Waals surface area (Å²) in [6, 6.07) is 5.98. The van der Waals surface area contributed by atoms with Crippen LogP contribution in [0.3, 0.4) is 0 Å². The molecule has 0 saturated heterocycles. The first-order valence-electron chi connectivity index (χ1n) is 3.46. The van der Waals surface area contributed by atoms with Crippen molar-refractivity contribution in [2.45, 2.75) is 0 Å². The van der Waals surface area contributed by atoms with Gasteiger partial charge in [-0.3, -0.25) is 0 Å². The number of benzene rings is 1. The van der Waals surface area contributed by atoms with Crippen molar-refractivity contribution >= 4 is 17.1 Å². The Balaban J connectivity index is 2.88. The molecular weight excluding hydrogens is 136 g/mol. The van der Waals surface area contributed by atoms with Gasteiger partial charge in [0.25, 0.3) is 0 Å². The summed E-state index contributed by atoms with van der Waals surface area (Å²) >= 11 is 0. The van der Waals surface area contributed by atoms with E-state index >= 15 is 0 Å². The normalized spacial score (nSPS) is 10.2. The Hall–Kier alpha value is -1.57. The van der Waals surface area contributed by atoms with Crippen LogP contribution >= 0.6 is 0 Å². The summed E-state index contributed by atoms with van der Waals surface area (Å²) in [5.41, 5.74) is 3.12. The topological polar surface area (TPSA) is 28.7 Å². The number of imidazole rings is 1. The van der Waals surface area contributed by atoms with Gasteiger partial charge >= 0.3 is 0 Å². The second kappa shape index (κ2) is 2.23. The number of nitrogens with one attached hydrogen (secondary N) is 1. The van der Waals surface area contributed by atoms with Gasteiger partial charge in [-0.25, -0.2) is 4.98 Å². The SMILES string of the molecule is C=Cc1cccc2[nH]cnc12. The van der Waals surface area contributed by atoms with E-state index in [0.29, 0.717) is 0 Å². The van der Waals surface area contributed by atoms with E-state index < -0.39 is 0 Å². The average Bonchev–Trinajstić information content (AvgIpc) is 2.50. The summed E-state index contributed by atoms with van der Waals surface area (Å²) in [5.74, 6) is 0. The van der Waals surface area contributed by atoms with Gasteiger partial charge in [0.1, 0.15) is 0 Å². The molecule has 0 atom stereocenters. The summed E-state index contributed by atoms with van der Waals surface area (Å²) in [6.07, 6.45) is 3.50. The highest BCUT2D eigenvalue weighted by molar-refractivity contribution is 5.83. The second-order valence-corrected chi connectivity index (χ2v) is 2.35. The predicted molar refractivity (Wildman–Crippen MR) is 46.2 cm³/mol. The van der Waals surface area contributed by atoms with Crippen molar-refractivity contribution in [3.63, 3.8) is 0 Å². The molecule has 0 amide bonds. The highest BCUT2D eigenvalue weighted by atomic mass is 14.9. The van der Waals surface area contributed by atoms with Crippen LogP contribution in [0.5, 0.6) is 0 Å². The minimum Gasteiger partial charge on any atom is -0.345 e. The van der Waals surface area contributed by atoms with Gasteiger partial charge in [-0.1, -0.05) is 24.8 Å². The first kappa shape index (κ1) is 6.16. The van der Waals surface area contributed by atoms with E-state index in [2.05, 4.69) is 16.5 Å². The van der Waals surface area contributed by atoms with Crippen LogP contribution in [-0.4, -0.2) is 9.97 Å². The van der Waals surface area contributed by atoms with E-state index in [1.165, 1.54) is 0 Å². The van der Waals surface area contributed by atoms with Crippen LogP contribution in [0.2, 0.25) is 0 Å². The van der Waals surface area contributed by atoms with Crippen LogP contribution in [0.4, 0.5) is 0 Å². The number of aromatic amines is 1. The van der Waals surface area contributed by atoms with Crippen molar-refractivity contribution in [1.82, 2.24) is 9.97 Å². The molecule has 2 heteroatoms. The zero-order valence-corrected chi connectivity index (χ0v) is 6.04. The summed E-state index contributed by atoms with van der Waals surface area (Å²) in [4.78, 5) is 7.20. The molecule has 2 nitrogen and oxygen atoms in total. The lowest BCUT2D eigenvalue weighted by Crippen LogP contribution is -1.74. The summed E-state index contributed by atoms with van der Waals surface area (Å²) in [6.45, 7) is 3.71. The molecule has 1 aromatic heterocycles. The van der Waals surface area contributed by atoms with E-state index in [1.54, 1.807) is 6.33 Å². The average molecular weight is 144 g/mol. The van der Waals surface area contributed by atoms with E-state index in [4.69, 9.17) is 0 Å². The molecule has 1 heterocycles. The fourth-order valence-corrected chi connectivity index (χ4v) is 1.15. The zero-order chi connectivity index (χ0) is 7.68. The van der Waals surface area contributed by atoms with Gasteiger partial charge in [0.2, 0.25) is 0 Å². The van der Waals surface area contributed by atoms with Gasteiger partial charge in [0.15, 0.2) is 0 Å². The van der Waals surface area contributed by atoms with Gasteiger partial charge in [0, 0.05) is 5.56 Å². The molecule has 0 radical (unpaired) electrons. The number of fused-ring (bicyclic) bond motifs is 1. The van der Waals surface area contributed by atoms with Crippen LogP contribution in [0.15, 0.2) is 31.1 Å². The van der Waals surface area contributed by atoms with Crippen molar-refractivity contribution in [1.29, 1.82) is 0 Å². The van der Waals surface area contributed by atoms with E-state index in [0.717, 1.165) is 16.6 Å². The van der Waals surface area contributed by atoms with Crippen LogP contribution < -0.4 is 0 Å². The molecule has 11 heavy (non-hydrogen) atoms. The minimum atomic E-state index is 0.988. The van der Waals surface area contributed by atoms with Crippen molar-refractivity contribution in [2.24, 2.45) is 0 Å². The Labute approximate surface area is 64.6 Å². The van der Waals surface area contributed by atoms with E-state index in [-0.39, 0.29) is 0 Å². The van der Waals surface area contributed by atoms with Crippen LogP contribution in [-0.2, 0) is 0 Å². The Morgan fingerprint density at radius 3 is 3.18 bits per heavy atom. The van der Waals surface area contributed by atoms with Crippen molar-refractivity contribution in [3.05, 3.63) is 36.7 Å². The number of rotatable bonds is 1. The second-order valence-electron chi connectivity index (χ2n) is 2.35. The quantitative estimate of drug-likeness (QED) is 0.653. The molecule has 0 aliphatic heterocycles. The van der Waals surface area contributed by atoms with Gasteiger partial charge < -0.3 is 4.98 Å². The third kappa shape index (κ3) is 0.835. The Morgan fingerprint density at radius 1 is 1.45 bits per heavy atom. The van der Waals surface area contributed by atoms with Gasteiger partial charge in [0.05, 0.1) is 17.4 Å². The van der Waals surface area contributed by atoms with Crippen LogP contribution in [0.1, 0.15) is 5.56 Å². The maximum Gasteiger partial charge on any atom is 0.0954 e. The molecule has 0 unspecified atom stereocenters. The zero-order valence-electron chi connectivity index (χ0n) is 6.04. The summed E-state index contributed by atoms with van der Waals surface area (Å²) in [7, 11) is 0. The fraction of sp³-hybridized carbons (Fsp3) is 0. The maximum atomic E-state index is 4.16. The number of hydrogen-bond donors (Lipinski definition) is 1.